The highest BCUT2D eigenvalue weighted by Gasteiger charge is 2.04. The summed E-state index contributed by atoms with van der Waals surface area (Å²) < 4.78 is 7.08. The monoisotopic (exact) mass is 416 g/mol. The van der Waals surface area contributed by atoms with Gasteiger partial charge in [-0.3, -0.25) is 4.98 Å². The molecule has 132 valence electrons. The highest BCUT2D eigenvalue weighted by Crippen LogP contribution is 2.30. The lowest BCUT2D eigenvalue weighted by Gasteiger charge is -2.11. The molecule has 0 saturated heterocycles. The van der Waals surface area contributed by atoms with E-state index in [1.807, 2.05) is 91.0 Å². The smallest absolute Gasteiger partial charge is 0.129 e. The second-order valence-electron chi connectivity index (χ2n) is 5.98. The Labute approximate surface area is 166 Å². The third-order valence-electron chi connectivity index (χ3n) is 4.02. The SMILES string of the molecule is Brc1ccccc1Nc1cccc(Oc2cccc(-c3ccccn3)c2)c1. The Morgan fingerprint density at radius 1 is 0.741 bits per heavy atom. The Morgan fingerprint density at radius 2 is 1.52 bits per heavy atom. The minimum atomic E-state index is 0.769. The Balaban J connectivity index is 1.54. The zero-order valence-corrected chi connectivity index (χ0v) is 16.1. The summed E-state index contributed by atoms with van der Waals surface area (Å²) in [5.41, 5.74) is 3.91. The normalized spacial score (nSPS) is 10.4. The molecular formula is C23H17BrN2O. The topological polar surface area (TPSA) is 34.1 Å². The van der Waals surface area contributed by atoms with Crippen LogP contribution < -0.4 is 10.1 Å². The van der Waals surface area contributed by atoms with E-state index in [-0.39, 0.29) is 0 Å². The van der Waals surface area contributed by atoms with Gasteiger partial charge >= 0.3 is 0 Å². The van der Waals surface area contributed by atoms with Crippen LogP contribution in [-0.4, -0.2) is 4.98 Å². The molecule has 3 aromatic carbocycles. The van der Waals surface area contributed by atoms with Crippen LogP contribution in [0, 0.1) is 0 Å². The second-order valence-corrected chi connectivity index (χ2v) is 6.83. The van der Waals surface area contributed by atoms with Gasteiger partial charge in [0.2, 0.25) is 0 Å². The molecule has 1 aromatic heterocycles. The van der Waals surface area contributed by atoms with Crippen molar-refractivity contribution in [3.63, 3.8) is 0 Å². The maximum atomic E-state index is 6.07. The van der Waals surface area contributed by atoms with Crippen LogP contribution in [0.2, 0.25) is 0 Å². The predicted molar refractivity (Wildman–Crippen MR) is 114 cm³/mol. The quantitative estimate of drug-likeness (QED) is 0.378. The number of anilines is 2. The maximum absolute atomic E-state index is 6.07. The zero-order valence-electron chi connectivity index (χ0n) is 14.5. The van der Waals surface area contributed by atoms with E-state index in [0.29, 0.717) is 0 Å². The molecule has 0 unspecified atom stereocenters. The summed E-state index contributed by atoms with van der Waals surface area (Å²) in [7, 11) is 0. The van der Waals surface area contributed by atoms with E-state index in [1.165, 1.54) is 0 Å². The van der Waals surface area contributed by atoms with E-state index in [4.69, 9.17) is 4.74 Å². The van der Waals surface area contributed by atoms with Crippen molar-refractivity contribution < 1.29 is 4.74 Å². The van der Waals surface area contributed by atoms with Gasteiger partial charge in [-0.25, -0.2) is 0 Å². The van der Waals surface area contributed by atoms with E-state index in [2.05, 4.69) is 26.2 Å². The molecule has 27 heavy (non-hydrogen) atoms. The number of hydrogen-bond donors (Lipinski definition) is 1. The first kappa shape index (κ1) is 17.3. The lowest BCUT2D eigenvalue weighted by Crippen LogP contribution is -1.92. The summed E-state index contributed by atoms with van der Waals surface area (Å²) in [4.78, 5) is 4.40. The van der Waals surface area contributed by atoms with Crippen LogP contribution in [0.4, 0.5) is 11.4 Å². The molecule has 0 fully saturated rings. The summed E-state index contributed by atoms with van der Waals surface area (Å²) in [6.45, 7) is 0. The van der Waals surface area contributed by atoms with Crippen molar-refractivity contribution in [2.75, 3.05) is 5.32 Å². The highest BCUT2D eigenvalue weighted by atomic mass is 79.9. The Hall–Kier alpha value is -3.11. The molecule has 4 aromatic rings. The highest BCUT2D eigenvalue weighted by molar-refractivity contribution is 9.10. The van der Waals surface area contributed by atoms with E-state index >= 15 is 0 Å². The fourth-order valence-electron chi connectivity index (χ4n) is 2.74. The number of halogens is 1. The average Bonchev–Trinajstić information content (AvgIpc) is 2.71. The number of hydrogen-bond acceptors (Lipinski definition) is 3. The number of pyridine rings is 1. The fourth-order valence-corrected chi connectivity index (χ4v) is 3.13. The molecule has 0 aliphatic rings. The van der Waals surface area contributed by atoms with Gasteiger partial charge in [0.15, 0.2) is 0 Å². The molecule has 0 radical (unpaired) electrons. The molecule has 1 N–H and O–H groups in total. The lowest BCUT2D eigenvalue weighted by molar-refractivity contribution is 0.483. The molecule has 0 saturated carbocycles. The molecule has 4 rings (SSSR count). The molecule has 0 amide bonds. The van der Waals surface area contributed by atoms with Crippen molar-refractivity contribution in [1.29, 1.82) is 0 Å². The molecule has 4 heteroatoms. The molecule has 1 heterocycles. The number of para-hydroxylation sites is 1. The largest absolute Gasteiger partial charge is 0.457 e. The maximum Gasteiger partial charge on any atom is 0.129 e. The van der Waals surface area contributed by atoms with Gasteiger partial charge in [0.25, 0.3) is 0 Å². The van der Waals surface area contributed by atoms with Crippen LogP contribution in [0.25, 0.3) is 11.3 Å². The van der Waals surface area contributed by atoms with Crippen LogP contribution in [0.5, 0.6) is 11.5 Å². The summed E-state index contributed by atoms with van der Waals surface area (Å²) in [6, 6.07) is 29.7. The minimum absolute atomic E-state index is 0.769. The third kappa shape index (κ3) is 4.36. The Morgan fingerprint density at radius 3 is 2.33 bits per heavy atom. The molecular weight excluding hydrogens is 400 g/mol. The van der Waals surface area contributed by atoms with Crippen molar-refractivity contribution in [1.82, 2.24) is 4.98 Å². The Bertz CT molecular complexity index is 1050. The number of rotatable bonds is 5. The average molecular weight is 417 g/mol. The molecule has 0 atom stereocenters. The number of benzene rings is 3. The van der Waals surface area contributed by atoms with Crippen LogP contribution in [0.1, 0.15) is 0 Å². The summed E-state index contributed by atoms with van der Waals surface area (Å²) in [5, 5.41) is 3.40. The molecule has 0 aliphatic carbocycles. The minimum Gasteiger partial charge on any atom is -0.457 e. The first-order valence-electron chi connectivity index (χ1n) is 8.59. The van der Waals surface area contributed by atoms with Crippen molar-refractivity contribution >= 4 is 27.3 Å². The first-order valence-corrected chi connectivity index (χ1v) is 9.38. The van der Waals surface area contributed by atoms with Crippen LogP contribution in [0.15, 0.2) is 102 Å². The van der Waals surface area contributed by atoms with Crippen LogP contribution in [-0.2, 0) is 0 Å². The van der Waals surface area contributed by atoms with Gasteiger partial charge in [-0.05, 0) is 64.5 Å². The lowest BCUT2D eigenvalue weighted by atomic mass is 10.1. The molecule has 3 nitrogen and oxygen atoms in total. The number of aromatic nitrogens is 1. The molecule has 0 spiro atoms. The van der Waals surface area contributed by atoms with Gasteiger partial charge < -0.3 is 10.1 Å². The molecule has 0 bridgehead atoms. The number of nitrogens with zero attached hydrogens (tertiary/aromatic N) is 1. The van der Waals surface area contributed by atoms with Crippen molar-refractivity contribution in [3.8, 4) is 22.8 Å². The standard InChI is InChI=1S/C23H17BrN2O/c24-21-11-1-2-13-23(21)26-18-8-6-10-20(16-18)27-19-9-5-7-17(15-19)22-12-3-4-14-25-22/h1-16,26H. The second kappa shape index (κ2) is 8.06. The molecule has 0 aliphatic heterocycles. The van der Waals surface area contributed by atoms with Crippen molar-refractivity contribution in [2.45, 2.75) is 0 Å². The van der Waals surface area contributed by atoms with E-state index < -0.39 is 0 Å². The Kier molecular flexibility index (Phi) is 5.17. The van der Waals surface area contributed by atoms with E-state index in [9.17, 15) is 0 Å². The van der Waals surface area contributed by atoms with E-state index in [1.54, 1.807) is 6.20 Å². The van der Waals surface area contributed by atoms with Gasteiger partial charge in [-0.15, -0.1) is 0 Å². The summed E-state index contributed by atoms with van der Waals surface area (Å²) in [5.74, 6) is 1.54. The van der Waals surface area contributed by atoms with Gasteiger partial charge in [0.05, 0.1) is 11.4 Å². The van der Waals surface area contributed by atoms with Gasteiger partial charge in [0, 0.05) is 28.0 Å². The van der Waals surface area contributed by atoms with Crippen molar-refractivity contribution in [2.24, 2.45) is 0 Å². The number of nitrogens with one attached hydrogen (secondary N) is 1. The predicted octanol–water partition coefficient (Wildman–Crippen LogP) is 7.05. The fraction of sp³-hybridized carbons (Fsp3) is 0. The van der Waals surface area contributed by atoms with Gasteiger partial charge in [-0.2, -0.15) is 0 Å². The summed E-state index contributed by atoms with van der Waals surface area (Å²) in [6.07, 6.45) is 1.79. The third-order valence-corrected chi connectivity index (χ3v) is 4.71. The van der Waals surface area contributed by atoms with Gasteiger partial charge in [-0.1, -0.05) is 36.4 Å². The van der Waals surface area contributed by atoms with Crippen molar-refractivity contribution in [3.05, 3.63) is 102 Å². The van der Waals surface area contributed by atoms with Crippen LogP contribution >= 0.6 is 15.9 Å². The van der Waals surface area contributed by atoms with Gasteiger partial charge in [0.1, 0.15) is 11.5 Å². The number of ether oxygens (including phenoxy) is 1. The van der Waals surface area contributed by atoms with Crippen LogP contribution in [0.3, 0.4) is 0 Å². The zero-order chi connectivity index (χ0) is 18.5. The van der Waals surface area contributed by atoms with E-state index in [0.717, 1.165) is 38.6 Å². The first-order chi connectivity index (χ1) is 13.3. The summed E-state index contributed by atoms with van der Waals surface area (Å²) >= 11 is 3.56.